The molecule has 1 aromatic carbocycles. The molecule has 1 atom stereocenters. The van der Waals surface area contributed by atoms with Crippen molar-refractivity contribution in [1.82, 2.24) is 4.90 Å². The van der Waals surface area contributed by atoms with E-state index in [1.807, 2.05) is 12.1 Å². The van der Waals surface area contributed by atoms with E-state index in [4.69, 9.17) is 0 Å². The predicted molar refractivity (Wildman–Crippen MR) is 66.9 cm³/mol. The lowest BCUT2D eigenvalue weighted by Gasteiger charge is -2.35. The van der Waals surface area contributed by atoms with Gasteiger partial charge in [-0.05, 0) is 31.6 Å². The van der Waals surface area contributed by atoms with Crippen LogP contribution in [0, 0.1) is 0 Å². The number of aromatic hydroxyl groups is 1. The first-order valence-electron chi connectivity index (χ1n) is 6.07. The first kappa shape index (κ1) is 11.3. The van der Waals surface area contributed by atoms with E-state index < -0.39 is 0 Å². The van der Waals surface area contributed by atoms with Crippen LogP contribution in [0.3, 0.4) is 0 Å². The molecule has 0 saturated heterocycles. The third-order valence-corrected chi connectivity index (χ3v) is 3.40. The number of anilines is 1. The molecule has 1 aromatic rings. The molecule has 0 bridgehead atoms. The molecule has 3 heteroatoms. The standard InChI is InChI=1S/C13H20N2O/c1-3-15(4-2)11-8-9-14-10-6-5-7-12(16)13(10)11/h5-7,11,14,16H,3-4,8-9H2,1-2H3. The predicted octanol–water partition coefficient (Wildman–Crippen LogP) is 2.59. The summed E-state index contributed by atoms with van der Waals surface area (Å²) < 4.78 is 0. The third-order valence-electron chi connectivity index (χ3n) is 3.40. The molecular weight excluding hydrogens is 200 g/mol. The van der Waals surface area contributed by atoms with Crippen LogP contribution in [0.1, 0.15) is 31.9 Å². The highest BCUT2D eigenvalue weighted by atomic mass is 16.3. The highest BCUT2D eigenvalue weighted by Gasteiger charge is 2.26. The minimum Gasteiger partial charge on any atom is -0.508 e. The molecule has 1 aliphatic rings. The van der Waals surface area contributed by atoms with Gasteiger partial charge in [0, 0.05) is 23.8 Å². The molecule has 88 valence electrons. The van der Waals surface area contributed by atoms with Crippen LogP contribution < -0.4 is 5.32 Å². The molecule has 0 aromatic heterocycles. The van der Waals surface area contributed by atoms with E-state index in [2.05, 4.69) is 24.1 Å². The Morgan fingerprint density at radius 1 is 1.38 bits per heavy atom. The number of phenolic OH excluding ortho intramolecular Hbond substituents is 1. The van der Waals surface area contributed by atoms with Crippen molar-refractivity contribution >= 4 is 5.69 Å². The summed E-state index contributed by atoms with van der Waals surface area (Å²) in [7, 11) is 0. The molecule has 2 rings (SSSR count). The van der Waals surface area contributed by atoms with Gasteiger partial charge in [-0.3, -0.25) is 4.90 Å². The molecule has 0 aliphatic carbocycles. The Morgan fingerprint density at radius 3 is 2.81 bits per heavy atom. The molecule has 0 spiro atoms. The van der Waals surface area contributed by atoms with Crippen molar-refractivity contribution in [2.75, 3.05) is 25.0 Å². The zero-order valence-corrected chi connectivity index (χ0v) is 10.0. The summed E-state index contributed by atoms with van der Waals surface area (Å²) in [4.78, 5) is 2.40. The first-order chi connectivity index (χ1) is 7.77. The molecule has 1 heterocycles. The molecule has 0 amide bonds. The molecule has 16 heavy (non-hydrogen) atoms. The van der Waals surface area contributed by atoms with Gasteiger partial charge in [0.25, 0.3) is 0 Å². The number of hydrogen-bond acceptors (Lipinski definition) is 3. The molecule has 3 nitrogen and oxygen atoms in total. The quantitative estimate of drug-likeness (QED) is 0.822. The summed E-state index contributed by atoms with van der Waals surface area (Å²) in [6.07, 6.45) is 1.06. The summed E-state index contributed by atoms with van der Waals surface area (Å²) in [5, 5.41) is 13.3. The number of nitrogens with one attached hydrogen (secondary N) is 1. The van der Waals surface area contributed by atoms with E-state index in [0.717, 1.165) is 37.3 Å². The number of benzene rings is 1. The molecular formula is C13H20N2O. The van der Waals surface area contributed by atoms with Crippen molar-refractivity contribution in [3.8, 4) is 5.75 Å². The van der Waals surface area contributed by atoms with Crippen molar-refractivity contribution in [1.29, 1.82) is 0 Å². The maximum atomic E-state index is 10.0. The fourth-order valence-corrected chi connectivity index (χ4v) is 2.57. The van der Waals surface area contributed by atoms with Crippen LogP contribution in [0.4, 0.5) is 5.69 Å². The number of fused-ring (bicyclic) bond motifs is 1. The van der Waals surface area contributed by atoms with Gasteiger partial charge in [0.15, 0.2) is 0 Å². The van der Waals surface area contributed by atoms with Crippen LogP contribution in [-0.2, 0) is 0 Å². The third kappa shape index (κ3) is 1.87. The Bertz CT molecular complexity index is 361. The van der Waals surface area contributed by atoms with Crippen molar-refractivity contribution in [2.24, 2.45) is 0 Å². The molecule has 0 radical (unpaired) electrons. The van der Waals surface area contributed by atoms with Crippen molar-refractivity contribution < 1.29 is 5.11 Å². The summed E-state index contributed by atoms with van der Waals surface area (Å²) >= 11 is 0. The summed E-state index contributed by atoms with van der Waals surface area (Å²) in [6, 6.07) is 6.08. The zero-order valence-electron chi connectivity index (χ0n) is 10.0. The van der Waals surface area contributed by atoms with Crippen molar-refractivity contribution in [2.45, 2.75) is 26.3 Å². The van der Waals surface area contributed by atoms with Gasteiger partial charge in [-0.2, -0.15) is 0 Å². The molecule has 2 N–H and O–H groups in total. The normalized spacial score (nSPS) is 19.3. The van der Waals surface area contributed by atoms with Crippen molar-refractivity contribution in [3.63, 3.8) is 0 Å². The summed E-state index contributed by atoms with van der Waals surface area (Å²) in [5.41, 5.74) is 2.15. The van der Waals surface area contributed by atoms with E-state index in [-0.39, 0.29) is 0 Å². The molecule has 0 saturated carbocycles. The second-order valence-corrected chi connectivity index (χ2v) is 4.19. The minimum atomic E-state index is 0.354. The SMILES string of the molecule is CCN(CC)C1CCNc2cccc(O)c21. The Hall–Kier alpha value is -1.22. The molecule has 1 unspecified atom stereocenters. The van der Waals surface area contributed by atoms with Crippen LogP contribution in [0.5, 0.6) is 5.75 Å². The van der Waals surface area contributed by atoms with Crippen LogP contribution in [0.25, 0.3) is 0 Å². The maximum absolute atomic E-state index is 10.0. The number of hydrogen-bond donors (Lipinski definition) is 2. The fourth-order valence-electron chi connectivity index (χ4n) is 2.57. The molecule has 0 fully saturated rings. The van der Waals surface area contributed by atoms with Crippen LogP contribution in [0.15, 0.2) is 18.2 Å². The van der Waals surface area contributed by atoms with E-state index in [9.17, 15) is 5.11 Å². The Labute approximate surface area is 97.1 Å². The number of nitrogens with zero attached hydrogens (tertiary/aromatic N) is 1. The van der Waals surface area contributed by atoms with Gasteiger partial charge >= 0.3 is 0 Å². The average molecular weight is 220 g/mol. The largest absolute Gasteiger partial charge is 0.508 e. The second kappa shape index (κ2) is 4.74. The Kier molecular flexibility index (Phi) is 3.34. The van der Waals surface area contributed by atoms with Crippen molar-refractivity contribution in [3.05, 3.63) is 23.8 Å². The van der Waals surface area contributed by atoms with Gasteiger partial charge in [0.1, 0.15) is 5.75 Å². The van der Waals surface area contributed by atoms with Crippen LogP contribution >= 0.6 is 0 Å². The smallest absolute Gasteiger partial charge is 0.122 e. The lowest BCUT2D eigenvalue weighted by atomic mass is 9.95. The lowest BCUT2D eigenvalue weighted by Crippen LogP contribution is -2.33. The lowest BCUT2D eigenvalue weighted by molar-refractivity contribution is 0.205. The second-order valence-electron chi connectivity index (χ2n) is 4.19. The monoisotopic (exact) mass is 220 g/mol. The van der Waals surface area contributed by atoms with Crippen LogP contribution in [-0.4, -0.2) is 29.6 Å². The van der Waals surface area contributed by atoms with Gasteiger partial charge < -0.3 is 10.4 Å². The maximum Gasteiger partial charge on any atom is 0.122 e. The van der Waals surface area contributed by atoms with Gasteiger partial charge in [0.2, 0.25) is 0 Å². The van der Waals surface area contributed by atoms with E-state index in [1.54, 1.807) is 6.07 Å². The van der Waals surface area contributed by atoms with Gasteiger partial charge in [-0.15, -0.1) is 0 Å². The summed E-state index contributed by atoms with van der Waals surface area (Å²) in [5.74, 6) is 0.418. The Balaban J connectivity index is 2.38. The van der Waals surface area contributed by atoms with Crippen LogP contribution in [0.2, 0.25) is 0 Å². The average Bonchev–Trinajstić information content (AvgIpc) is 2.31. The van der Waals surface area contributed by atoms with Gasteiger partial charge in [-0.25, -0.2) is 0 Å². The van der Waals surface area contributed by atoms with Gasteiger partial charge in [0.05, 0.1) is 0 Å². The highest BCUT2D eigenvalue weighted by Crippen LogP contribution is 2.39. The topological polar surface area (TPSA) is 35.5 Å². The number of rotatable bonds is 3. The van der Waals surface area contributed by atoms with E-state index >= 15 is 0 Å². The molecule has 1 aliphatic heterocycles. The number of phenols is 1. The fraction of sp³-hybridized carbons (Fsp3) is 0.538. The van der Waals surface area contributed by atoms with E-state index in [0.29, 0.717) is 11.8 Å². The highest BCUT2D eigenvalue weighted by molar-refractivity contribution is 5.60. The van der Waals surface area contributed by atoms with Gasteiger partial charge in [-0.1, -0.05) is 19.9 Å². The Morgan fingerprint density at radius 2 is 2.12 bits per heavy atom. The first-order valence-corrected chi connectivity index (χ1v) is 6.07. The zero-order chi connectivity index (χ0) is 11.5. The summed E-state index contributed by atoms with van der Waals surface area (Å²) in [6.45, 7) is 7.37. The minimum absolute atomic E-state index is 0.354. The van der Waals surface area contributed by atoms with E-state index in [1.165, 1.54) is 0 Å².